The van der Waals surface area contributed by atoms with Crippen molar-refractivity contribution in [3.8, 4) is 0 Å². The van der Waals surface area contributed by atoms with E-state index in [0.29, 0.717) is 11.2 Å². The van der Waals surface area contributed by atoms with Crippen molar-refractivity contribution in [3.63, 3.8) is 0 Å². The summed E-state index contributed by atoms with van der Waals surface area (Å²) >= 11 is 1.46. The van der Waals surface area contributed by atoms with Crippen LogP contribution in [-0.2, 0) is 0 Å². The molecule has 0 saturated heterocycles. The van der Waals surface area contributed by atoms with Crippen molar-refractivity contribution in [2.75, 3.05) is 17.6 Å². The zero-order chi connectivity index (χ0) is 12.9. The molecule has 3 nitrogen and oxygen atoms in total. The molecule has 1 rings (SSSR count). The topological polar surface area (TPSA) is 50.9 Å². The standard InChI is InChI=1S/C13H25N3S/c1-5-6-7-8-13(3,4)9-15-12-10(2)11(14)16-17-12/h15H,5-9H2,1-4H3,(H2,14,16). The summed E-state index contributed by atoms with van der Waals surface area (Å²) in [4.78, 5) is 0. The smallest absolute Gasteiger partial charge is 0.142 e. The Bertz CT molecular complexity index is 344. The van der Waals surface area contributed by atoms with E-state index in [9.17, 15) is 0 Å². The summed E-state index contributed by atoms with van der Waals surface area (Å²) in [6.45, 7) is 9.88. The van der Waals surface area contributed by atoms with Crippen LogP contribution in [0.25, 0.3) is 0 Å². The van der Waals surface area contributed by atoms with E-state index < -0.39 is 0 Å². The van der Waals surface area contributed by atoms with Gasteiger partial charge in [-0.1, -0.05) is 40.0 Å². The molecule has 0 atom stereocenters. The van der Waals surface area contributed by atoms with E-state index in [1.165, 1.54) is 37.2 Å². The second kappa shape index (κ2) is 6.24. The largest absolute Gasteiger partial charge is 0.383 e. The van der Waals surface area contributed by atoms with Crippen LogP contribution in [0.4, 0.5) is 10.8 Å². The molecule has 1 heterocycles. The lowest BCUT2D eigenvalue weighted by Gasteiger charge is -2.25. The predicted octanol–water partition coefficient (Wildman–Crippen LogP) is 4.05. The molecule has 0 spiro atoms. The summed E-state index contributed by atoms with van der Waals surface area (Å²) in [6.07, 6.45) is 5.19. The molecular weight excluding hydrogens is 230 g/mol. The van der Waals surface area contributed by atoms with Gasteiger partial charge in [-0.25, -0.2) is 0 Å². The second-order valence-corrected chi connectivity index (χ2v) is 6.27. The van der Waals surface area contributed by atoms with Crippen molar-refractivity contribution < 1.29 is 0 Å². The molecule has 98 valence electrons. The Morgan fingerprint density at radius 3 is 2.59 bits per heavy atom. The number of nitrogen functional groups attached to an aromatic ring is 1. The van der Waals surface area contributed by atoms with Gasteiger partial charge in [0.25, 0.3) is 0 Å². The molecule has 17 heavy (non-hydrogen) atoms. The van der Waals surface area contributed by atoms with Crippen LogP contribution >= 0.6 is 11.5 Å². The second-order valence-electron chi connectivity index (χ2n) is 5.50. The molecule has 0 amide bonds. The monoisotopic (exact) mass is 255 g/mol. The van der Waals surface area contributed by atoms with Gasteiger partial charge in [0.1, 0.15) is 10.8 Å². The average molecular weight is 255 g/mol. The van der Waals surface area contributed by atoms with Gasteiger partial charge in [0.05, 0.1) is 0 Å². The van der Waals surface area contributed by atoms with Gasteiger partial charge in [-0.15, -0.1) is 0 Å². The van der Waals surface area contributed by atoms with Crippen LogP contribution in [0, 0.1) is 12.3 Å². The van der Waals surface area contributed by atoms with Crippen molar-refractivity contribution in [1.82, 2.24) is 4.37 Å². The number of rotatable bonds is 7. The summed E-state index contributed by atoms with van der Waals surface area (Å²) in [7, 11) is 0. The van der Waals surface area contributed by atoms with Gasteiger partial charge in [-0.3, -0.25) is 0 Å². The number of aromatic nitrogens is 1. The molecule has 0 aromatic carbocycles. The number of nitrogens with zero attached hydrogens (tertiary/aromatic N) is 1. The van der Waals surface area contributed by atoms with E-state index in [1.54, 1.807) is 0 Å². The first-order chi connectivity index (χ1) is 7.96. The van der Waals surface area contributed by atoms with E-state index >= 15 is 0 Å². The van der Waals surface area contributed by atoms with Gasteiger partial charge in [-0.05, 0) is 30.3 Å². The number of nitrogens with one attached hydrogen (secondary N) is 1. The Kier molecular flexibility index (Phi) is 5.25. The van der Waals surface area contributed by atoms with Crippen molar-refractivity contribution in [3.05, 3.63) is 5.56 Å². The molecule has 0 aliphatic carbocycles. The first-order valence-electron chi connectivity index (χ1n) is 6.42. The van der Waals surface area contributed by atoms with Crippen LogP contribution in [0.3, 0.4) is 0 Å². The normalized spacial score (nSPS) is 11.8. The van der Waals surface area contributed by atoms with Crippen LogP contribution < -0.4 is 11.1 Å². The molecule has 1 aromatic heterocycles. The SMILES string of the molecule is CCCCCC(C)(C)CNc1snc(N)c1C. The van der Waals surface area contributed by atoms with Gasteiger partial charge in [0, 0.05) is 12.1 Å². The molecule has 0 saturated carbocycles. The fraction of sp³-hybridized carbons (Fsp3) is 0.769. The van der Waals surface area contributed by atoms with Crippen molar-refractivity contribution >= 4 is 22.4 Å². The molecule has 0 aliphatic heterocycles. The van der Waals surface area contributed by atoms with E-state index in [-0.39, 0.29) is 0 Å². The molecule has 0 radical (unpaired) electrons. The molecule has 4 heteroatoms. The Morgan fingerprint density at radius 1 is 1.35 bits per heavy atom. The van der Waals surface area contributed by atoms with Gasteiger partial charge in [0.2, 0.25) is 0 Å². The number of nitrogens with two attached hydrogens (primary N) is 1. The maximum absolute atomic E-state index is 5.74. The molecule has 0 unspecified atom stereocenters. The van der Waals surface area contributed by atoms with Gasteiger partial charge in [0.15, 0.2) is 0 Å². The number of anilines is 2. The Labute approximate surface area is 109 Å². The van der Waals surface area contributed by atoms with Gasteiger partial charge < -0.3 is 11.1 Å². The first-order valence-corrected chi connectivity index (χ1v) is 7.19. The average Bonchev–Trinajstić information content (AvgIpc) is 2.58. The Hall–Kier alpha value is -0.770. The Morgan fingerprint density at radius 2 is 2.06 bits per heavy atom. The third-order valence-electron chi connectivity index (χ3n) is 3.14. The maximum atomic E-state index is 5.74. The van der Waals surface area contributed by atoms with Crippen molar-refractivity contribution in [2.24, 2.45) is 5.41 Å². The van der Waals surface area contributed by atoms with Crippen molar-refractivity contribution in [1.29, 1.82) is 0 Å². The van der Waals surface area contributed by atoms with E-state index in [4.69, 9.17) is 5.73 Å². The van der Waals surface area contributed by atoms with Crippen LogP contribution in [0.15, 0.2) is 0 Å². The van der Waals surface area contributed by atoms with Crippen LogP contribution in [0.1, 0.15) is 52.0 Å². The number of hydrogen-bond acceptors (Lipinski definition) is 4. The van der Waals surface area contributed by atoms with E-state index in [2.05, 4.69) is 30.5 Å². The van der Waals surface area contributed by atoms with Crippen LogP contribution in [0.5, 0.6) is 0 Å². The van der Waals surface area contributed by atoms with Gasteiger partial charge in [-0.2, -0.15) is 4.37 Å². The zero-order valence-electron chi connectivity index (χ0n) is 11.5. The molecule has 1 aromatic rings. The van der Waals surface area contributed by atoms with Crippen molar-refractivity contribution in [2.45, 2.75) is 53.4 Å². The summed E-state index contributed by atoms with van der Waals surface area (Å²) in [5.74, 6) is 0.654. The predicted molar refractivity (Wildman–Crippen MR) is 77.7 cm³/mol. The lowest BCUT2D eigenvalue weighted by atomic mass is 9.87. The minimum absolute atomic E-state index is 0.334. The third kappa shape index (κ3) is 4.54. The maximum Gasteiger partial charge on any atom is 0.142 e. The Balaban J connectivity index is 2.41. The fourth-order valence-electron chi connectivity index (χ4n) is 1.77. The highest BCUT2D eigenvalue weighted by atomic mass is 32.1. The lowest BCUT2D eigenvalue weighted by molar-refractivity contribution is 0.343. The lowest BCUT2D eigenvalue weighted by Crippen LogP contribution is -2.22. The number of unbranched alkanes of at least 4 members (excludes halogenated alkanes) is 2. The van der Waals surface area contributed by atoms with E-state index in [0.717, 1.165) is 17.1 Å². The highest BCUT2D eigenvalue weighted by Crippen LogP contribution is 2.29. The van der Waals surface area contributed by atoms with E-state index in [1.807, 2.05) is 6.92 Å². The highest BCUT2D eigenvalue weighted by Gasteiger charge is 2.18. The molecular formula is C13H25N3S. The van der Waals surface area contributed by atoms with Crippen LogP contribution in [0.2, 0.25) is 0 Å². The molecule has 0 bridgehead atoms. The van der Waals surface area contributed by atoms with Gasteiger partial charge >= 0.3 is 0 Å². The number of hydrogen-bond donors (Lipinski definition) is 2. The minimum Gasteiger partial charge on any atom is -0.383 e. The van der Waals surface area contributed by atoms with Crippen LogP contribution in [-0.4, -0.2) is 10.9 Å². The minimum atomic E-state index is 0.334. The highest BCUT2D eigenvalue weighted by molar-refractivity contribution is 7.10. The summed E-state index contributed by atoms with van der Waals surface area (Å²) in [5, 5.41) is 4.59. The third-order valence-corrected chi connectivity index (χ3v) is 4.07. The summed E-state index contributed by atoms with van der Waals surface area (Å²) in [5.41, 5.74) is 7.15. The summed E-state index contributed by atoms with van der Waals surface area (Å²) < 4.78 is 4.15. The quantitative estimate of drug-likeness (QED) is 0.723. The zero-order valence-corrected chi connectivity index (χ0v) is 12.3. The molecule has 0 aliphatic rings. The molecule has 3 N–H and O–H groups in total. The molecule has 0 fully saturated rings. The fourth-order valence-corrected chi connectivity index (χ4v) is 2.48. The first kappa shape index (κ1) is 14.3. The summed E-state index contributed by atoms with van der Waals surface area (Å²) in [6, 6.07) is 0.